The number of methoxy groups -OCH3 is 1. The van der Waals surface area contributed by atoms with Crippen molar-refractivity contribution in [2.45, 2.75) is 20.8 Å². The summed E-state index contributed by atoms with van der Waals surface area (Å²) in [5.41, 5.74) is 5.08. The van der Waals surface area contributed by atoms with E-state index < -0.39 is 11.8 Å². The number of para-hydroxylation sites is 2. The van der Waals surface area contributed by atoms with E-state index in [0.29, 0.717) is 33.3 Å². The number of nitrogens with zero attached hydrogens (tertiary/aromatic N) is 1. The highest BCUT2D eigenvalue weighted by Gasteiger charge is 2.41. The van der Waals surface area contributed by atoms with E-state index in [1.807, 2.05) is 51.1 Å². The van der Waals surface area contributed by atoms with Crippen LogP contribution in [0.15, 0.2) is 66.4 Å². The molecule has 3 aromatic carbocycles. The Bertz CT molecular complexity index is 1280. The molecule has 0 bridgehead atoms. The molecule has 5 nitrogen and oxygen atoms in total. The van der Waals surface area contributed by atoms with Gasteiger partial charge in [-0.1, -0.05) is 53.6 Å². The van der Waals surface area contributed by atoms with Gasteiger partial charge in [0.05, 0.1) is 24.1 Å². The third kappa shape index (κ3) is 3.76. The van der Waals surface area contributed by atoms with Gasteiger partial charge in [-0.05, 0) is 61.7 Å². The molecule has 0 radical (unpaired) electrons. The number of rotatable bonds is 5. The van der Waals surface area contributed by atoms with E-state index in [0.717, 1.165) is 21.6 Å². The zero-order valence-electron chi connectivity index (χ0n) is 18.3. The summed E-state index contributed by atoms with van der Waals surface area (Å²) in [5.74, 6) is -0.285. The first-order valence-corrected chi connectivity index (χ1v) is 10.6. The Kier molecular flexibility index (Phi) is 5.76. The number of halogens is 1. The van der Waals surface area contributed by atoms with E-state index in [-0.39, 0.29) is 5.70 Å². The largest absolute Gasteiger partial charge is 0.495 e. The summed E-state index contributed by atoms with van der Waals surface area (Å²) >= 11 is 6.29. The van der Waals surface area contributed by atoms with Crippen LogP contribution in [0.2, 0.25) is 5.02 Å². The lowest BCUT2D eigenvalue weighted by atomic mass is 9.97. The Labute approximate surface area is 192 Å². The molecule has 3 aromatic rings. The molecule has 162 valence electrons. The van der Waals surface area contributed by atoms with Gasteiger partial charge in [0.1, 0.15) is 11.4 Å². The SMILES string of the molecule is COc1ccccc1NC1=C(c2ccc(C)cc2C)C(=O)N(c2ccc(C)c(Cl)c2)C1=O. The van der Waals surface area contributed by atoms with E-state index in [4.69, 9.17) is 16.3 Å². The number of imide groups is 1. The minimum Gasteiger partial charge on any atom is -0.495 e. The smallest absolute Gasteiger partial charge is 0.282 e. The molecule has 0 unspecified atom stereocenters. The van der Waals surface area contributed by atoms with Crippen LogP contribution in [0.3, 0.4) is 0 Å². The number of nitrogens with one attached hydrogen (secondary N) is 1. The van der Waals surface area contributed by atoms with Gasteiger partial charge in [-0.3, -0.25) is 9.59 Å². The number of amides is 2. The van der Waals surface area contributed by atoms with Crippen LogP contribution in [-0.4, -0.2) is 18.9 Å². The molecule has 0 saturated carbocycles. The molecular formula is C26H23ClN2O3. The number of ether oxygens (including phenoxy) is 1. The van der Waals surface area contributed by atoms with Crippen molar-refractivity contribution in [2.24, 2.45) is 0 Å². The van der Waals surface area contributed by atoms with Crippen LogP contribution < -0.4 is 15.0 Å². The molecule has 1 aliphatic rings. The van der Waals surface area contributed by atoms with Crippen LogP contribution in [0.4, 0.5) is 11.4 Å². The van der Waals surface area contributed by atoms with Crippen LogP contribution in [-0.2, 0) is 9.59 Å². The highest BCUT2D eigenvalue weighted by atomic mass is 35.5. The lowest BCUT2D eigenvalue weighted by Gasteiger charge is -2.17. The summed E-state index contributed by atoms with van der Waals surface area (Å²) in [6.07, 6.45) is 0. The van der Waals surface area contributed by atoms with Crippen molar-refractivity contribution in [2.75, 3.05) is 17.3 Å². The van der Waals surface area contributed by atoms with Crippen LogP contribution in [0.25, 0.3) is 5.57 Å². The van der Waals surface area contributed by atoms with E-state index in [9.17, 15) is 9.59 Å². The fraction of sp³-hybridized carbons (Fsp3) is 0.154. The molecule has 0 aromatic heterocycles. The first-order valence-electron chi connectivity index (χ1n) is 10.2. The van der Waals surface area contributed by atoms with Crippen LogP contribution >= 0.6 is 11.6 Å². The number of anilines is 2. The second kappa shape index (κ2) is 8.52. The Hall–Kier alpha value is -3.57. The van der Waals surface area contributed by atoms with Gasteiger partial charge in [0.2, 0.25) is 0 Å². The maximum absolute atomic E-state index is 13.6. The second-order valence-corrected chi connectivity index (χ2v) is 8.18. The molecule has 32 heavy (non-hydrogen) atoms. The van der Waals surface area contributed by atoms with Crippen molar-refractivity contribution >= 4 is 40.4 Å². The van der Waals surface area contributed by atoms with Gasteiger partial charge in [-0.2, -0.15) is 0 Å². The topological polar surface area (TPSA) is 58.6 Å². The quantitative estimate of drug-likeness (QED) is 0.513. The summed E-state index contributed by atoms with van der Waals surface area (Å²) in [4.78, 5) is 28.4. The maximum atomic E-state index is 13.6. The maximum Gasteiger partial charge on any atom is 0.282 e. The number of hydrogen-bond donors (Lipinski definition) is 1. The minimum atomic E-state index is -0.448. The first kappa shape index (κ1) is 21.7. The van der Waals surface area contributed by atoms with E-state index in [1.165, 1.54) is 0 Å². The number of hydrogen-bond acceptors (Lipinski definition) is 4. The third-order valence-electron chi connectivity index (χ3n) is 5.52. The van der Waals surface area contributed by atoms with E-state index in [1.54, 1.807) is 37.4 Å². The van der Waals surface area contributed by atoms with Gasteiger partial charge in [0, 0.05) is 5.02 Å². The standard InChI is InChI=1S/C26H23ClN2O3/c1-15-9-12-19(17(3)13-15)23-24(28-21-7-5-6-8-22(21)32-4)26(31)29(25(23)30)18-11-10-16(2)20(27)14-18/h5-14,28H,1-4H3. The highest BCUT2D eigenvalue weighted by molar-refractivity contribution is 6.46. The number of carbonyl (C=O) groups excluding carboxylic acids is 2. The van der Waals surface area contributed by atoms with E-state index >= 15 is 0 Å². The van der Waals surface area contributed by atoms with Crippen molar-refractivity contribution in [3.8, 4) is 5.75 Å². The van der Waals surface area contributed by atoms with Crippen LogP contribution in [0, 0.1) is 20.8 Å². The lowest BCUT2D eigenvalue weighted by molar-refractivity contribution is -0.120. The lowest BCUT2D eigenvalue weighted by Crippen LogP contribution is -2.32. The molecule has 0 aliphatic carbocycles. The zero-order valence-corrected chi connectivity index (χ0v) is 19.1. The van der Waals surface area contributed by atoms with E-state index in [2.05, 4.69) is 5.32 Å². The molecule has 6 heteroatoms. The average molecular weight is 447 g/mol. The molecule has 1 N–H and O–H groups in total. The summed E-state index contributed by atoms with van der Waals surface area (Å²) in [7, 11) is 1.56. The predicted molar refractivity (Wildman–Crippen MR) is 128 cm³/mol. The monoisotopic (exact) mass is 446 g/mol. The van der Waals surface area contributed by atoms with Crippen molar-refractivity contribution in [1.29, 1.82) is 0 Å². The molecule has 1 heterocycles. The Morgan fingerprint density at radius 1 is 0.875 bits per heavy atom. The summed E-state index contributed by atoms with van der Waals surface area (Å²) in [6, 6.07) is 18.2. The van der Waals surface area contributed by atoms with Gasteiger partial charge in [0.15, 0.2) is 0 Å². The molecule has 0 saturated heterocycles. The Morgan fingerprint density at radius 3 is 2.31 bits per heavy atom. The van der Waals surface area contributed by atoms with Crippen molar-refractivity contribution < 1.29 is 14.3 Å². The number of aryl methyl sites for hydroxylation is 3. The number of benzene rings is 3. The Morgan fingerprint density at radius 2 is 1.62 bits per heavy atom. The van der Waals surface area contributed by atoms with Gasteiger partial charge in [0.25, 0.3) is 11.8 Å². The van der Waals surface area contributed by atoms with Crippen molar-refractivity contribution in [3.63, 3.8) is 0 Å². The fourth-order valence-corrected chi connectivity index (χ4v) is 4.00. The van der Waals surface area contributed by atoms with Gasteiger partial charge >= 0.3 is 0 Å². The minimum absolute atomic E-state index is 0.197. The molecule has 0 spiro atoms. The predicted octanol–water partition coefficient (Wildman–Crippen LogP) is 5.67. The zero-order chi connectivity index (χ0) is 23.0. The van der Waals surface area contributed by atoms with Crippen LogP contribution in [0.5, 0.6) is 5.75 Å². The molecule has 2 amide bonds. The Balaban J connectivity index is 1.88. The molecule has 0 atom stereocenters. The second-order valence-electron chi connectivity index (χ2n) is 7.77. The van der Waals surface area contributed by atoms with Crippen LogP contribution in [0.1, 0.15) is 22.3 Å². The highest BCUT2D eigenvalue weighted by Crippen LogP contribution is 2.37. The molecule has 4 rings (SSSR count). The van der Waals surface area contributed by atoms with Gasteiger partial charge < -0.3 is 10.1 Å². The van der Waals surface area contributed by atoms with Crippen molar-refractivity contribution in [3.05, 3.63) is 93.6 Å². The molecule has 0 fully saturated rings. The molecular weight excluding hydrogens is 424 g/mol. The fourth-order valence-electron chi connectivity index (χ4n) is 3.83. The normalized spacial score (nSPS) is 13.7. The molecule has 1 aliphatic heterocycles. The van der Waals surface area contributed by atoms with Crippen molar-refractivity contribution in [1.82, 2.24) is 0 Å². The average Bonchev–Trinajstić information content (AvgIpc) is 3.00. The first-order chi connectivity index (χ1) is 15.3. The summed E-state index contributed by atoms with van der Waals surface area (Å²) in [5, 5.41) is 3.65. The summed E-state index contributed by atoms with van der Waals surface area (Å²) < 4.78 is 5.43. The van der Waals surface area contributed by atoms with Gasteiger partial charge in [-0.25, -0.2) is 4.90 Å². The number of carbonyl (C=O) groups is 2. The third-order valence-corrected chi connectivity index (χ3v) is 5.92. The summed E-state index contributed by atoms with van der Waals surface area (Å²) in [6.45, 7) is 5.79. The van der Waals surface area contributed by atoms with Gasteiger partial charge in [-0.15, -0.1) is 0 Å².